The second-order valence-corrected chi connectivity index (χ2v) is 9.79. The van der Waals surface area contributed by atoms with E-state index in [9.17, 15) is 4.79 Å². The minimum Gasteiger partial charge on any atom is -0.338 e. The summed E-state index contributed by atoms with van der Waals surface area (Å²) in [6.45, 7) is 2.47. The number of carbonyl (C=O) groups excluding carboxylic acids is 1. The lowest BCUT2D eigenvalue weighted by Gasteiger charge is -2.31. The van der Waals surface area contributed by atoms with E-state index < -0.39 is 0 Å². The molecule has 1 aliphatic heterocycles. The van der Waals surface area contributed by atoms with Crippen molar-refractivity contribution in [2.24, 2.45) is 11.8 Å². The van der Waals surface area contributed by atoms with E-state index in [0.29, 0.717) is 17.8 Å². The van der Waals surface area contributed by atoms with Crippen LogP contribution in [0, 0.1) is 11.8 Å². The van der Waals surface area contributed by atoms with E-state index in [1.54, 1.807) is 0 Å². The van der Waals surface area contributed by atoms with Crippen molar-refractivity contribution in [3.63, 3.8) is 0 Å². The lowest BCUT2D eigenvalue weighted by molar-refractivity contribution is 0.180. The molecule has 5 heteroatoms. The number of rotatable bonds is 3. The Bertz CT molecular complexity index is 1040. The normalized spacial score (nSPS) is 25.7. The van der Waals surface area contributed by atoms with Gasteiger partial charge in [0.1, 0.15) is 0 Å². The number of nitrogens with zero attached hydrogens (tertiary/aromatic N) is 2. The summed E-state index contributed by atoms with van der Waals surface area (Å²) in [7, 11) is 0. The van der Waals surface area contributed by atoms with Gasteiger partial charge in [0.15, 0.2) is 0 Å². The summed E-state index contributed by atoms with van der Waals surface area (Å²) in [6, 6.07) is 17.3. The Balaban J connectivity index is 1.02. The highest BCUT2D eigenvalue weighted by atomic mass is 32.1. The number of thiazole rings is 1. The van der Waals surface area contributed by atoms with E-state index in [1.165, 1.54) is 27.3 Å². The molecule has 1 saturated carbocycles. The van der Waals surface area contributed by atoms with Gasteiger partial charge in [0, 0.05) is 25.6 Å². The predicted molar refractivity (Wildman–Crippen MR) is 116 cm³/mol. The Kier molecular flexibility index (Phi) is 4.12. The number of hydrogen-bond acceptors (Lipinski definition) is 3. The number of amides is 2. The largest absolute Gasteiger partial charge is 0.338 e. The van der Waals surface area contributed by atoms with Crippen molar-refractivity contribution in [3.05, 3.63) is 64.7 Å². The molecule has 3 unspecified atom stereocenters. The minimum absolute atomic E-state index is 0.117. The zero-order chi connectivity index (χ0) is 19.4. The highest BCUT2D eigenvalue weighted by Gasteiger charge is 2.55. The Hall–Kier alpha value is -2.40. The lowest BCUT2D eigenvalue weighted by atomic mass is 9.98. The number of benzene rings is 2. The molecule has 4 nitrogen and oxygen atoms in total. The van der Waals surface area contributed by atoms with Crippen LogP contribution < -0.4 is 5.32 Å². The Morgan fingerprint density at radius 1 is 1.10 bits per heavy atom. The molecule has 0 spiro atoms. The van der Waals surface area contributed by atoms with Gasteiger partial charge in [-0.15, -0.1) is 11.3 Å². The van der Waals surface area contributed by atoms with Crippen LogP contribution in [0.15, 0.2) is 48.5 Å². The molecule has 6 rings (SSSR count). The molecule has 1 N–H and O–H groups in total. The maximum absolute atomic E-state index is 12.7. The molecular weight excluding hydrogens is 378 g/mol. The van der Waals surface area contributed by atoms with Crippen molar-refractivity contribution in [2.45, 2.75) is 31.1 Å². The second-order valence-electron chi connectivity index (χ2n) is 8.72. The molecule has 148 valence electrons. The third-order valence-electron chi connectivity index (χ3n) is 7.13. The van der Waals surface area contributed by atoms with Gasteiger partial charge in [0.05, 0.1) is 15.2 Å². The highest BCUT2D eigenvalue weighted by Crippen LogP contribution is 2.60. The van der Waals surface area contributed by atoms with E-state index >= 15 is 0 Å². The molecule has 2 fully saturated rings. The first-order valence-corrected chi connectivity index (χ1v) is 11.6. The van der Waals surface area contributed by atoms with Crippen molar-refractivity contribution in [1.82, 2.24) is 15.2 Å². The van der Waals surface area contributed by atoms with Gasteiger partial charge in [0.25, 0.3) is 0 Å². The molecule has 3 aliphatic rings. The van der Waals surface area contributed by atoms with Crippen molar-refractivity contribution < 1.29 is 4.79 Å². The predicted octanol–water partition coefficient (Wildman–Crippen LogP) is 4.77. The Morgan fingerprint density at radius 2 is 1.90 bits per heavy atom. The lowest BCUT2D eigenvalue weighted by Crippen LogP contribution is -2.44. The molecule has 0 bridgehead atoms. The van der Waals surface area contributed by atoms with E-state index in [1.807, 2.05) is 22.3 Å². The molecule has 2 amide bonds. The van der Waals surface area contributed by atoms with E-state index in [-0.39, 0.29) is 6.03 Å². The Labute approximate surface area is 174 Å². The zero-order valence-corrected chi connectivity index (χ0v) is 17.2. The first-order valence-electron chi connectivity index (χ1n) is 10.7. The van der Waals surface area contributed by atoms with Crippen LogP contribution >= 0.6 is 11.3 Å². The first kappa shape index (κ1) is 17.5. The van der Waals surface area contributed by atoms with Gasteiger partial charge in [-0.1, -0.05) is 36.4 Å². The number of likely N-dealkylation sites (tertiary alicyclic amines) is 1. The molecule has 1 saturated heterocycles. The zero-order valence-electron chi connectivity index (χ0n) is 16.4. The topological polar surface area (TPSA) is 45.2 Å². The van der Waals surface area contributed by atoms with Gasteiger partial charge in [0.2, 0.25) is 0 Å². The summed E-state index contributed by atoms with van der Waals surface area (Å²) in [4.78, 5) is 19.5. The SMILES string of the molecule is O=C(NCC1C2Cc3ccccc3C12)N1CCC(c2nc3ccccc3s2)CC1. The summed E-state index contributed by atoms with van der Waals surface area (Å²) in [5.41, 5.74) is 4.14. The van der Waals surface area contributed by atoms with Crippen LogP contribution in [0.25, 0.3) is 10.2 Å². The number of piperidine rings is 1. The van der Waals surface area contributed by atoms with Gasteiger partial charge in [-0.05, 0) is 60.3 Å². The van der Waals surface area contributed by atoms with Gasteiger partial charge in [-0.2, -0.15) is 0 Å². The molecule has 3 atom stereocenters. The van der Waals surface area contributed by atoms with Crippen molar-refractivity contribution in [3.8, 4) is 0 Å². The fourth-order valence-electron chi connectivity index (χ4n) is 5.47. The van der Waals surface area contributed by atoms with Crippen molar-refractivity contribution >= 4 is 27.6 Å². The summed E-state index contributed by atoms with van der Waals surface area (Å²) in [6.07, 6.45) is 3.21. The number of fused-ring (bicyclic) bond motifs is 4. The van der Waals surface area contributed by atoms with Gasteiger partial charge < -0.3 is 10.2 Å². The molecule has 0 radical (unpaired) electrons. The van der Waals surface area contributed by atoms with E-state index in [0.717, 1.165) is 43.9 Å². The van der Waals surface area contributed by atoms with Crippen LogP contribution in [0.3, 0.4) is 0 Å². The molecule has 2 aromatic carbocycles. The summed E-state index contributed by atoms with van der Waals surface area (Å²) in [5.74, 6) is 2.54. The first-order chi connectivity index (χ1) is 14.3. The summed E-state index contributed by atoms with van der Waals surface area (Å²) in [5, 5.41) is 4.46. The second kappa shape index (κ2) is 6.84. The average molecular weight is 404 g/mol. The smallest absolute Gasteiger partial charge is 0.317 e. The van der Waals surface area contributed by atoms with Crippen LogP contribution in [-0.4, -0.2) is 35.5 Å². The number of para-hydroxylation sites is 1. The van der Waals surface area contributed by atoms with E-state index in [2.05, 4.69) is 47.8 Å². The van der Waals surface area contributed by atoms with Crippen LogP contribution in [0.1, 0.15) is 40.8 Å². The molecule has 2 heterocycles. The average Bonchev–Trinajstić information content (AvgIpc) is 3.11. The maximum atomic E-state index is 12.7. The third-order valence-corrected chi connectivity index (χ3v) is 8.33. The molecule has 2 aliphatic carbocycles. The quantitative estimate of drug-likeness (QED) is 0.685. The number of carbonyl (C=O) groups is 1. The maximum Gasteiger partial charge on any atom is 0.317 e. The van der Waals surface area contributed by atoms with Crippen LogP contribution in [0.2, 0.25) is 0 Å². The van der Waals surface area contributed by atoms with Crippen molar-refractivity contribution in [2.75, 3.05) is 19.6 Å². The number of urea groups is 1. The fraction of sp³-hybridized carbons (Fsp3) is 0.417. The minimum atomic E-state index is 0.117. The van der Waals surface area contributed by atoms with Crippen LogP contribution in [0.5, 0.6) is 0 Å². The molecule has 1 aromatic heterocycles. The monoisotopic (exact) mass is 403 g/mol. The fourth-order valence-corrected chi connectivity index (χ4v) is 6.61. The summed E-state index contributed by atoms with van der Waals surface area (Å²) >= 11 is 1.81. The van der Waals surface area contributed by atoms with Crippen LogP contribution in [0.4, 0.5) is 4.79 Å². The molecular formula is C24H25N3OS. The number of hydrogen-bond donors (Lipinski definition) is 1. The highest BCUT2D eigenvalue weighted by molar-refractivity contribution is 7.18. The molecule has 29 heavy (non-hydrogen) atoms. The Morgan fingerprint density at radius 3 is 2.76 bits per heavy atom. The number of aromatic nitrogens is 1. The van der Waals surface area contributed by atoms with Crippen LogP contribution in [-0.2, 0) is 6.42 Å². The standard InChI is InChI=1S/C24H25N3OS/c28-24(25-14-19-18-13-16-5-1-2-6-17(16)22(18)19)27-11-9-15(10-12-27)23-26-20-7-3-4-8-21(20)29-23/h1-8,15,18-19,22H,9-14H2,(H,25,28). The summed E-state index contributed by atoms with van der Waals surface area (Å²) < 4.78 is 1.26. The van der Waals surface area contributed by atoms with Gasteiger partial charge in [-0.25, -0.2) is 9.78 Å². The van der Waals surface area contributed by atoms with Gasteiger partial charge in [-0.3, -0.25) is 0 Å². The third kappa shape index (κ3) is 3.03. The molecule has 3 aromatic rings. The number of nitrogens with one attached hydrogen (secondary N) is 1. The van der Waals surface area contributed by atoms with Gasteiger partial charge >= 0.3 is 6.03 Å². The van der Waals surface area contributed by atoms with Crippen molar-refractivity contribution in [1.29, 1.82) is 0 Å². The van der Waals surface area contributed by atoms with E-state index in [4.69, 9.17) is 4.98 Å².